The third-order valence-electron chi connectivity index (χ3n) is 2.55. The number of sulfonamides is 1. The lowest BCUT2D eigenvalue weighted by atomic mass is 10.3. The van der Waals surface area contributed by atoms with Crippen molar-refractivity contribution < 1.29 is 8.42 Å². The van der Waals surface area contributed by atoms with Crippen LogP contribution in [0.4, 0.5) is 5.95 Å². The van der Waals surface area contributed by atoms with Gasteiger partial charge in [0.05, 0.1) is 24.6 Å². The monoisotopic (exact) mass is 293 g/mol. The van der Waals surface area contributed by atoms with E-state index in [4.69, 9.17) is 0 Å². The van der Waals surface area contributed by atoms with E-state index in [1.807, 2.05) is 19.1 Å². The molecule has 2 N–H and O–H groups in total. The Morgan fingerprint density at radius 3 is 2.50 bits per heavy atom. The maximum absolute atomic E-state index is 12.1. The van der Waals surface area contributed by atoms with Gasteiger partial charge in [0.2, 0.25) is 16.0 Å². The molecule has 0 aliphatic carbocycles. The van der Waals surface area contributed by atoms with Crippen LogP contribution >= 0.6 is 0 Å². The third kappa shape index (κ3) is 3.49. The van der Waals surface area contributed by atoms with Gasteiger partial charge in [-0.1, -0.05) is 6.07 Å². The van der Waals surface area contributed by atoms with Crippen LogP contribution in [-0.2, 0) is 16.6 Å². The van der Waals surface area contributed by atoms with Gasteiger partial charge in [-0.2, -0.15) is 0 Å². The molecule has 0 bridgehead atoms. The number of nitrogens with zero attached hydrogens (tertiary/aromatic N) is 3. The lowest BCUT2D eigenvalue weighted by Crippen LogP contribution is -2.24. The maximum atomic E-state index is 12.1. The van der Waals surface area contributed by atoms with Crippen molar-refractivity contribution in [3.05, 3.63) is 42.0 Å². The van der Waals surface area contributed by atoms with E-state index >= 15 is 0 Å². The highest BCUT2D eigenvalue weighted by atomic mass is 32.2. The number of aromatic nitrogens is 3. The van der Waals surface area contributed by atoms with Gasteiger partial charge in [-0.15, -0.1) is 0 Å². The topological polar surface area (TPSA) is 96.9 Å². The molecule has 2 aromatic heterocycles. The fraction of sp³-hybridized carbons (Fsp3) is 0.250. The zero-order valence-electron chi connectivity index (χ0n) is 11.2. The summed E-state index contributed by atoms with van der Waals surface area (Å²) in [5, 5.41) is 2.72. The highest BCUT2D eigenvalue weighted by Crippen LogP contribution is 2.08. The summed E-state index contributed by atoms with van der Waals surface area (Å²) in [6.45, 7) is 1.97. The van der Waals surface area contributed by atoms with E-state index in [0.717, 1.165) is 5.69 Å². The maximum Gasteiger partial charge on any atom is 0.243 e. The molecule has 0 atom stereocenters. The lowest BCUT2D eigenvalue weighted by molar-refractivity contribution is 0.579. The van der Waals surface area contributed by atoms with E-state index < -0.39 is 10.0 Å². The number of anilines is 1. The summed E-state index contributed by atoms with van der Waals surface area (Å²) in [5.41, 5.74) is 1.49. The van der Waals surface area contributed by atoms with E-state index in [2.05, 4.69) is 25.0 Å². The number of rotatable bonds is 5. The fourth-order valence-corrected chi connectivity index (χ4v) is 2.42. The number of nitrogens with one attached hydrogen (secondary N) is 2. The second-order valence-corrected chi connectivity index (χ2v) is 5.85. The van der Waals surface area contributed by atoms with Gasteiger partial charge in [0.25, 0.3) is 0 Å². The Morgan fingerprint density at radius 2 is 1.90 bits per heavy atom. The van der Waals surface area contributed by atoms with Crippen LogP contribution in [0.2, 0.25) is 0 Å². The molecule has 0 unspecified atom stereocenters. The van der Waals surface area contributed by atoms with Crippen LogP contribution in [0, 0.1) is 6.92 Å². The minimum Gasteiger partial charge on any atom is -0.357 e. The number of pyridine rings is 1. The van der Waals surface area contributed by atoms with Gasteiger partial charge in [-0.25, -0.2) is 23.1 Å². The van der Waals surface area contributed by atoms with Crippen molar-refractivity contribution in [3.8, 4) is 0 Å². The second-order valence-electron chi connectivity index (χ2n) is 4.09. The van der Waals surface area contributed by atoms with Crippen molar-refractivity contribution in [2.75, 3.05) is 12.4 Å². The SMILES string of the molecule is CNc1ncc(S(=O)(=O)NCc2cccc(C)n2)cn1. The molecule has 0 fully saturated rings. The highest BCUT2D eigenvalue weighted by Gasteiger charge is 2.15. The Labute approximate surface area is 117 Å². The predicted octanol–water partition coefficient (Wildman–Crippen LogP) is 0.700. The Morgan fingerprint density at radius 1 is 1.20 bits per heavy atom. The summed E-state index contributed by atoms with van der Waals surface area (Å²) in [5.74, 6) is 0.365. The first kappa shape index (κ1) is 14.4. The molecule has 2 aromatic rings. The first-order valence-corrected chi connectivity index (χ1v) is 7.41. The summed E-state index contributed by atoms with van der Waals surface area (Å²) in [7, 11) is -1.98. The van der Waals surface area contributed by atoms with Crippen molar-refractivity contribution in [1.82, 2.24) is 19.7 Å². The van der Waals surface area contributed by atoms with E-state index in [1.165, 1.54) is 12.4 Å². The first-order chi connectivity index (χ1) is 9.51. The van der Waals surface area contributed by atoms with Gasteiger partial charge in [0.1, 0.15) is 4.90 Å². The predicted molar refractivity (Wildman–Crippen MR) is 74.6 cm³/mol. The van der Waals surface area contributed by atoms with Crippen molar-refractivity contribution in [3.63, 3.8) is 0 Å². The molecule has 0 aliphatic rings. The molecule has 0 spiro atoms. The standard InChI is InChI=1S/C12H15N5O2S/c1-9-4-3-5-10(17-9)6-16-20(18,19)11-7-14-12(13-2)15-8-11/h3-5,7-8,16H,6H2,1-2H3,(H,13,14,15). The molecule has 106 valence electrons. The Bertz CT molecular complexity index is 685. The molecule has 0 aromatic carbocycles. The molecule has 7 nitrogen and oxygen atoms in total. The highest BCUT2D eigenvalue weighted by molar-refractivity contribution is 7.89. The van der Waals surface area contributed by atoms with E-state index in [9.17, 15) is 8.42 Å². The summed E-state index contributed by atoms with van der Waals surface area (Å²) < 4.78 is 26.6. The van der Waals surface area contributed by atoms with Gasteiger partial charge in [0.15, 0.2) is 0 Å². The minimum atomic E-state index is -3.64. The largest absolute Gasteiger partial charge is 0.357 e. The molecule has 0 saturated heterocycles. The van der Waals surface area contributed by atoms with Crippen LogP contribution in [0.5, 0.6) is 0 Å². The molecule has 2 heterocycles. The van der Waals surface area contributed by atoms with Gasteiger partial charge in [-0.3, -0.25) is 4.98 Å². The molecular formula is C12H15N5O2S. The average Bonchev–Trinajstić information content (AvgIpc) is 2.45. The van der Waals surface area contributed by atoms with Crippen LogP contribution in [0.25, 0.3) is 0 Å². The van der Waals surface area contributed by atoms with Crippen LogP contribution < -0.4 is 10.0 Å². The second kappa shape index (κ2) is 5.93. The first-order valence-electron chi connectivity index (χ1n) is 5.93. The number of hydrogen-bond donors (Lipinski definition) is 2. The zero-order chi connectivity index (χ0) is 14.6. The minimum absolute atomic E-state index is 0.0177. The van der Waals surface area contributed by atoms with Crippen LogP contribution in [0.1, 0.15) is 11.4 Å². The molecule has 2 rings (SSSR count). The Balaban J connectivity index is 2.10. The summed E-state index contributed by atoms with van der Waals surface area (Å²) >= 11 is 0. The van der Waals surface area contributed by atoms with E-state index in [-0.39, 0.29) is 11.4 Å². The summed E-state index contributed by atoms with van der Waals surface area (Å²) in [6, 6.07) is 5.44. The number of aryl methyl sites for hydroxylation is 1. The van der Waals surface area contributed by atoms with Crippen LogP contribution in [-0.4, -0.2) is 30.4 Å². The van der Waals surface area contributed by atoms with Gasteiger partial charge in [-0.05, 0) is 19.1 Å². The molecule has 20 heavy (non-hydrogen) atoms. The van der Waals surface area contributed by atoms with Gasteiger partial charge in [0, 0.05) is 12.7 Å². The molecule has 0 saturated carbocycles. The number of hydrogen-bond acceptors (Lipinski definition) is 6. The van der Waals surface area contributed by atoms with Gasteiger partial charge < -0.3 is 5.32 Å². The molecule has 0 aliphatic heterocycles. The fourth-order valence-electron chi connectivity index (χ4n) is 1.53. The molecule has 8 heteroatoms. The summed E-state index contributed by atoms with van der Waals surface area (Å²) in [4.78, 5) is 12.0. The Kier molecular flexibility index (Phi) is 4.26. The van der Waals surface area contributed by atoms with Crippen molar-refractivity contribution in [2.24, 2.45) is 0 Å². The van der Waals surface area contributed by atoms with Crippen molar-refractivity contribution in [1.29, 1.82) is 0 Å². The van der Waals surface area contributed by atoms with Gasteiger partial charge >= 0.3 is 0 Å². The zero-order valence-corrected chi connectivity index (χ0v) is 12.0. The molecular weight excluding hydrogens is 278 g/mol. The molecule has 0 radical (unpaired) electrons. The Hall–Kier alpha value is -2.06. The smallest absolute Gasteiger partial charge is 0.243 e. The van der Waals surface area contributed by atoms with Crippen molar-refractivity contribution >= 4 is 16.0 Å². The van der Waals surface area contributed by atoms with Crippen LogP contribution in [0.3, 0.4) is 0 Å². The lowest BCUT2D eigenvalue weighted by Gasteiger charge is -2.06. The van der Waals surface area contributed by atoms with Crippen LogP contribution in [0.15, 0.2) is 35.5 Å². The third-order valence-corrected chi connectivity index (χ3v) is 3.91. The normalized spacial score (nSPS) is 11.3. The van der Waals surface area contributed by atoms with E-state index in [0.29, 0.717) is 11.6 Å². The summed E-state index contributed by atoms with van der Waals surface area (Å²) in [6.07, 6.45) is 2.51. The molecule has 0 amide bonds. The quantitative estimate of drug-likeness (QED) is 0.842. The average molecular weight is 293 g/mol. The van der Waals surface area contributed by atoms with E-state index in [1.54, 1.807) is 13.1 Å². The van der Waals surface area contributed by atoms with Crippen molar-refractivity contribution in [2.45, 2.75) is 18.4 Å².